The van der Waals surface area contributed by atoms with Gasteiger partial charge in [-0.1, -0.05) is 11.6 Å². The van der Waals surface area contributed by atoms with Gasteiger partial charge in [0.25, 0.3) is 5.91 Å². The van der Waals surface area contributed by atoms with Crippen molar-refractivity contribution in [1.82, 2.24) is 5.32 Å². The molecule has 1 aromatic carbocycles. The zero-order valence-corrected chi connectivity index (χ0v) is 9.77. The third-order valence-corrected chi connectivity index (χ3v) is 2.90. The molecule has 4 heteroatoms. The van der Waals surface area contributed by atoms with Crippen molar-refractivity contribution in [2.45, 2.75) is 6.92 Å². The average molecular weight is 237 g/mol. The predicted molar refractivity (Wildman–Crippen MR) is 65.7 cm³/mol. The molecular formula is C12H13ClN2O. The molecule has 1 saturated heterocycles. The fourth-order valence-corrected chi connectivity index (χ4v) is 1.56. The number of rotatable bonds is 2. The second-order valence-electron chi connectivity index (χ2n) is 3.79. The van der Waals surface area contributed by atoms with Gasteiger partial charge in [0.15, 0.2) is 0 Å². The SMILES string of the molecule is CC(C(=O)Nc1ccc(Cl)cc1)=C1CNC1. The van der Waals surface area contributed by atoms with Crippen LogP contribution in [0.15, 0.2) is 35.4 Å². The van der Waals surface area contributed by atoms with Crippen molar-refractivity contribution in [2.24, 2.45) is 0 Å². The van der Waals surface area contributed by atoms with Gasteiger partial charge in [0.2, 0.25) is 0 Å². The van der Waals surface area contributed by atoms with E-state index in [0.717, 1.165) is 24.4 Å². The molecule has 0 bridgehead atoms. The Kier molecular flexibility index (Phi) is 3.27. The maximum Gasteiger partial charge on any atom is 0.251 e. The highest BCUT2D eigenvalue weighted by atomic mass is 35.5. The highest BCUT2D eigenvalue weighted by Crippen LogP contribution is 2.15. The van der Waals surface area contributed by atoms with Gasteiger partial charge in [-0.15, -0.1) is 0 Å². The maximum atomic E-state index is 11.8. The van der Waals surface area contributed by atoms with E-state index in [1.807, 2.05) is 6.92 Å². The van der Waals surface area contributed by atoms with Gasteiger partial charge in [0.05, 0.1) is 0 Å². The van der Waals surface area contributed by atoms with Crippen molar-refractivity contribution < 1.29 is 4.79 Å². The summed E-state index contributed by atoms with van der Waals surface area (Å²) < 4.78 is 0. The van der Waals surface area contributed by atoms with Crippen LogP contribution in [0.3, 0.4) is 0 Å². The fourth-order valence-electron chi connectivity index (χ4n) is 1.43. The molecule has 0 spiro atoms. The molecular weight excluding hydrogens is 224 g/mol. The average Bonchev–Trinajstić information content (AvgIpc) is 2.19. The number of carbonyl (C=O) groups excluding carboxylic acids is 1. The lowest BCUT2D eigenvalue weighted by molar-refractivity contribution is -0.112. The first-order chi connectivity index (χ1) is 7.66. The van der Waals surface area contributed by atoms with Crippen LogP contribution < -0.4 is 10.6 Å². The molecule has 0 radical (unpaired) electrons. The van der Waals surface area contributed by atoms with Crippen molar-refractivity contribution in [3.63, 3.8) is 0 Å². The molecule has 1 aromatic rings. The topological polar surface area (TPSA) is 41.1 Å². The second-order valence-corrected chi connectivity index (χ2v) is 4.23. The molecule has 1 fully saturated rings. The molecule has 2 rings (SSSR count). The van der Waals surface area contributed by atoms with Crippen LogP contribution in [-0.2, 0) is 4.79 Å². The first kappa shape index (κ1) is 11.2. The normalized spacial score (nSPS) is 14.2. The fraction of sp³-hybridized carbons (Fsp3) is 0.250. The summed E-state index contributed by atoms with van der Waals surface area (Å²) in [5, 5.41) is 6.61. The monoisotopic (exact) mass is 236 g/mol. The number of hydrogen-bond acceptors (Lipinski definition) is 2. The minimum absolute atomic E-state index is 0.0428. The molecule has 84 valence electrons. The van der Waals surface area contributed by atoms with Gasteiger partial charge in [0, 0.05) is 29.4 Å². The van der Waals surface area contributed by atoms with Crippen LogP contribution in [0.5, 0.6) is 0 Å². The molecule has 2 N–H and O–H groups in total. The summed E-state index contributed by atoms with van der Waals surface area (Å²) in [5.41, 5.74) is 2.74. The van der Waals surface area contributed by atoms with E-state index >= 15 is 0 Å². The Morgan fingerprint density at radius 2 is 1.94 bits per heavy atom. The summed E-state index contributed by atoms with van der Waals surface area (Å²) in [6.45, 7) is 3.49. The number of amides is 1. The van der Waals surface area contributed by atoms with E-state index in [9.17, 15) is 4.79 Å². The zero-order chi connectivity index (χ0) is 11.5. The second kappa shape index (κ2) is 4.68. The standard InChI is InChI=1S/C12H13ClN2O/c1-8(9-6-14-7-9)12(16)15-11-4-2-10(13)3-5-11/h2-5,14H,6-7H2,1H3,(H,15,16). The Morgan fingerprint density at radius 3 is 2.44 bits per heavy atom. The minimum Gasteiger partial charge on any atom is -0.322 e. The van der Waals surface area contributed by atoms with Crippen molar-refractivity contribution in [3.05, 3.63) is 40.4 Å². The lowest BCUT2D eigenvalue weighted by Gasteiger charge is -2.21. The van der Waals surface area contributed by atoms with Crippen LogP contribution in [0, 0.1) is 0 Å². The van der Waals surface area contributed by atoms with Crippen molar-refractivity contribution in [2.75, 3.05) is 18.4 Å². The third kappa shape index (κ3) is 2.43. The Labute approximate surface area is 99.5 Å². The van der Waals surface area contributed by atoms with Crippen LogP contribution >= 0.6 is 11.6 Å². The molecule has 16 heavy (non-hydrogen) atoms. The Bertz CT molecular complexity index is 431. The van der Waals surface area contributed by atoms with Crippen LogP contribution in [0.2, 0.25) is 5.02 Å². The molecule has 1 heterocycles. The van der Waals surface area contributed by atoms with E-state index in [1.54, 1.807) is 24.3 Å². The van der Waals surface area contributed by atoms with Crippen LogP contribution in [-0.4, -0.2) is 19.0 Å². The number of anilines is 1. The Hall–Kier alpha value is -1.32. The molecule has 0 unspecified atom stereocenters. The lowest BCUT2D eigenvalue weighted by atomic mass is 10.0. The van der Waals surface area contributed by atoms with Gasteiger partial charge in [0.1, 0.15) is 0 Å². The van der Waals surface area contributed by atoms with Crippen LogP contribution in [0.25, 0.3) is 0 Å². The van der Waals surface area contributed by atoms with E-state index in [-0.39, 0.29) is 5.91 Å². The summed E-state index contributed by atoms with van der Waals surface area (Å²) in [6.07, 6.45) is 0. The Morgan fingerprint density at radius 1 is 1.31 bits per heavy atom. The largest absolute Gasteiger partial charge is 0.322 e. The van der Waals surface area contributed by atoms with Gasteiger partial charge in [-0.25, -0.2) is 0 Å². The van der Waals surface area contributed by atoms with Gasteiger partial charge in [-0.3, -0.25) is 4.79 Å². The van der Waals surface area contributed by atoms with Crippen LogP contribution in [0.1, 0.15) is 6.92 Å². The molecule has 0 aliphatic carbocycles. The van der Waals surface area contributed by atoms with Gasteiger partial charge < -0.3 is 10.6 Å². The van der Waals surface area contributed by atoms with Crippen molar-refractivity contribution in [1.29, 1.82) is 0 Å². The number of carbonyl (C=O) groups is 1. The smallest absolute Gasteiger partial charge is 0.251 e. The predicted octanol–water partition coefficient (Wildman–Crippen LogP) is 2.20. The molecule has 1 aliphatic heterocycles. The van der Waals surface area contributed by atoms with Crippen molar-refractivity contribution >= 4 is 23.2 Å². The first-order valence-electron chi connectivity index (χ1n) is 5.13. The number of benzene rings is 1. The summed E-state index contributed by atoms with van der Waals surface area (Å²) in [7, 11) is 0. The number of hydrogen-bond donors (Lipinski definition) is 2. The third-order valence-electron chi connectivity index (χ3n) is 2.65. The molecule has 0 aromatic heterocycles. The molecule has 1 amide bonds. The molecule has 1 aliphatic rings. The number of nitrogens with one attached hydrogen (secondary N) is 2. The highest BCUT2D eigenvalue weighted by Gasteiger charge is 2.15. The van der Waals surface area contributed by atoms with E-state index in [0.29, 0.717) is 5.02 Å². The highest BCUT2D eigenvalue weighted by molar-refractivity contribution is 6.30. The number of halogens is 1. The summed E-state index contributed by atoms with van der Waals surface area (Å²) in [5.74, 6) is -0.0428. The van der Waals surface area contributed by atoms with E-state index < -0.39 is 0 Å². The summed E-state index contributed by atoms with van der Waals surface area (Å²) in [4.78, 5) is 11.8. The van der Waals surface area contributed by atoms with E-state index in [2.05, 4.69) is 10.6 Å². The van der Waals surface area contributed by atoms with Crippen LogP contribution in [0.4, 0.5) is 5.69 Å². The molecule has 3 nitrogen and oxygen atoms in total. The maximum absolute atomic E-state index is 11.8. The van der Waals surface area contributed by atoms with Gasteiger partial charge in [-0.2, -0.15) is 0 Å². The lowest BCUT2D eigenvalue weighted by Crippen LogP contribution is -2.36. The van der Waals surface area contributed by atoms with Gasteiger partial charge >= 0.3 is 0 Å². The molecule has 0 atom stereocenters. The summed E-state index contributed by atoms with van der Waals surface area (Å²) in [6, 6.07) is 7.09. The quantitative estimate of drug-likeness (QED) is 0.773. The first-order valence-corrected chi connectivity index (χ1v) is 5.51. The van der Waals surface area contributed by atoms with Crippen molar-refractivity contribution in [3.8, 4) is 0 Å². The zero-order valence-electron chi connectivity index (χ0n) is 9.01. The van der Waals surface area contributed by atoms with E-state index in [4.69, 9.17) is 11.6 Å². The van der Waals surface area contributed by atoms with Gasteiger partial charge in [-0.05, 0) is 36.8 Å². The summed E-state index contributed by atoms with van der Waals surface area (Å²) >= 11 is 5.76. The van der Waals surface area contributed by atoms with E-state index in [1.165, 1.54) is 5.57 Å². The minimum atomic E-state index is -0.0428. The Balaban J connectivity index is 2.04. The molecule has 0 saturated carbocycles.